The number of benzene rings is 1. The van der Waals surface area contributed by atoms with E-state index in [4.69, 9.17) is 5.73 Å². The maximum absolute atomic E-state index is 11.5. The van der Waals surface area contributed by atoms with Gasteiger partial charge < -0.3 is 20.9 Å². The summed E-state index contributed by atoms with van der Waals surface area (Å²) in [5.74, 6) is 0.101. The van der Waals surface area contributed by atoms with Crippen molar-refractivity contribution < 1.29 is 4.79 Å². The van der Waals surface area contributed by atoms with Crippen LogP contribution >= 0.6 is 0 Å². The van der Waals surface area contributed by atoms with Gasteiger partial charge in [0.25, 0.3) is 0 Å². The van der Waals surface area contributed by atoms with E-state index in [1.165, 1.54) is 0 Å². The van der Waals surface area contributed by atoms with E-state index >= 15 is 0 Å². The average molecular weight is 274 g/mol. The van der Waals surface area contributed by atoms with Crippen LogP contribution in [-0.2, 0) is 11.2 Å². The van der Waals surface area contributed by atoms with Gasteiger partial charge in [0.2, 0.25) is 5.91 Å². The third-order valence-corrected chi connectivity index (χ3v) is 4.21. The van der Waals surface area contributed by atoms with Crippen molar-refractivity contribution in [1.29, 1.82) is 0 Å². The quantitative estimate of drug-likeness (QED) is 0.758. The van der Waals surface area contributed by atoms with Gasteiger partial charge in [0, 0.05) is 31.7 Å². The molecule has 0 aromatic heterocycles. The molecule has 0 aliphatic carbocycles. The molecule has 0 bridgehead atoms. The van der Waals surface area contributed by atoms with Gasteiger partial charge >= 0.3 is 0 Å². The van der Waals surface area contributed by atoms with Crippen LogP contribution in [-0.4, -0.2) is 44.0 Å². The Balaban J connectivity index is 1.89. The SMILES string of the molecule is CN1CCCN(c2cc3c(cc2N)CCC(=O)N3)CC1. The lowest BCUT2D eigenvalue weighted by Crippen LogP contribution is -2.30. The average Bonchev–Trinajstić information content (AvgIpc) is 2.63. The molecule has 108 valence electrons. The number of nitrogens with one attached hydrogen (secondary N) is 1. The van der Waals surface area contributed by atoms with Gasteiger partial charge in [0.15, 0.2) is 0 Å². The molecule has 5 nitrogen and oxygen atoms in total. The van der Waals surface area contributed by atoms with E-state index in [9.17, 15) is 4.79 Å². The zero-order valence-electron chi connectivity index (χ0n) is 12.0. The van der Waals surface area contributed by atoms with Crippen LogP contribution in [0.2, 0.25) is 0 Å². The fourth-order valence-electron chi connectivity index (χ4n) is 3.00. The van der Waals surface area contributed by atoms with Crippen molar-refractivity contribution in [3.05, 3.63) is 17.7 Å². The third kappa shape index (κ3) is 2.58. The summed E-state index contributed by atoms with van der Waals surface area (Å²) in [6.07, 6.45) is 2.48. The van der Waals surface area contributed by atoms with Crippen molar-refractivity contribution in [2.24, 2.45) is 0 Å². The van der Waals surface area contributed by atoms with E-state index < -0.39 is 0 Å². The molecule has 0 unspecified atom stereocenters. The van der Waals surface area contributed by atoms with Crippen LogP contribution < -0.4 is 16.0 Å². The smallest absolute Gasteiger partial charge is 0.224 e. The van der Waals surface area contributed by atoms with E-state index in [1.54, 1.807) is 0 Å². The molecule has 2 heterocycles. The van der Waals surface area contributed by atoms with Crippen LogP contribution in [0.5, 0.6) is 0 Å². The zero-order chi connectivity index (χ0) is 14.1. The molecular weight excluding hydrogens is 252 g/mol. The minimum Gasteiger partial charge on any atom is -0.397 e. The molecule has 1 aromatic carbocycles. The number of nitrogens with two attached hydrogens (primary N) is 1. The number of nitrogen functional groups attached to an aromatic ring is 1. The van der Waals surface area contributed by atoms with Crippen molar-refractivity contribution in [3.63, 3.8) is 0 Å². The second-order valence-electron chi connectivity index (χ2n) is 5.76. The molecular formula is C15H22N4O. The lowest BCUT2D eigenvalue weighted by molar-refractivity contribution is -0.116. The Labute approximate surface area is 119 Å². The highest BCUT2D eigenvalue weighted by Gasteiger charge is 2.20. The molecule has 0 radical (unpaired) electrons. The van der Waals surface area contributed by atoms with E-state index in [1.807, 2.05) is 12.1 Å². The molecule has 2 aliphatic heterocycles. The molecule has 20 heavy (non-hydrogen) atoms. The number of carbonyl (C=O) groups excluding carboxylic acids is 1. The Hall–Kier alpha value is -1.75. The Kier molecular flexibility index (Phi) is 3.53. The van der Waals surface area contributed by atoms with E-state index in [0.717, 1.165) is 61.6 Å². The monoisotopic (exact) mass is 274 g/mol. The second kappa shape index (κ2) is 5.32. The van der Waals surface area contributed by atoms with Gasteiger partial charge in [0.05, 0.1) is 11.4 Å². The second-order valence-corrected chi connectivity index (χ2v) is 5.76. The summed E-state index contributed by atoms with van der Waals surface area (Å²) in [5.41, 5.74) is 10.2. The summed E-state index contributed by atoms with van der Waals surface area (Å²) in [7, 11) is 2.15. The lowest BCUT2D eigenvalue weighted by atomic mass is 10.0. The summed E-state index contributed by atoms with van der Waals surface area (Å²) in [5, 5.41) is 2.96. The Morgan fingerprint density at radius 1 is 1.15 bits per heavy atom. The summed E-state index contributed by atoms with van der Waals surface area (Å²) in [4.78, 5) is 16.2. The number of nitrogens with zero attached hydrogens (tertiary/aromatic N) is 2. The first-order valence-electron chi connectivity index (χ1n) is 7.29. The molecule has 1 amide bonds. The van der Waals surface area contributed by atoms with Crippen LogP contribution in [0.3, 0.4) is 0 Å². The number of rotatable bonds is 1. The van der Waals surface area contributed by atoms with E-state index in [2.05, 4.69) is 22.2 Å². The van der Waals surface area contributed by atoms with E-state index in [-0.39, 0.29) is 5.91 Å². The molecule has 0 saturated carbocycles. The Morgan fingerprint density at radius 2 is 2.00 bits per heavy atom. The maximum atomic E-state index is 11.5. The van der Waals surface area contributed by atoms with Crippen LogP contribution in [0.4, 0.5) is 17.1 Å². The van der Waals surface area contributed by atoms with Crippen molar-refractivity contribution in [2.75, 3.05) is 49.2 Å². The first-order chi connectivity index (χ1) is 9.63. The minimum atomic E-state index is 0.101. The van der Waals surface area contributed by atoms with Crippen LogP contribution in [0.15, 0.2) is 12.1 Å². The number of likely N-dealkylation sites (N-methyl/N-ethyl adjacent to an activating group) is 1. The number of hydrogen-bond acceptors (Lipinski definition) is 4. The van der Waals surface area contributed by atoms with Gasteiger partial charge in [-0.15, -0.1) is 0 Å². The summed E-state index contributed by atoms with van der Waals surface area (Å²) in [6, 6.07) is 4.08. The van der Waals surface area contributed by atoms with Gasteiger partial charge in [-0.05, 0) is 44.1 Å². The van der Waals surface area contributed by atoms with Crippen LogP contribution in [0, 0.1) is 0 Å². The topological polar surface area (TPSA) is 61.6 Å². The highest BCUT2D eigenvalue weighted by Crippen LogP contribution is 2.33. The number of amides is 1. The molecule has 3 N–H and O–H groups in total. The molecule has 0 spiro atoms. The van der Waals surface area contributed by atoms with Gasteiger partial charge in [-0.3, -0.25) is 4.79 Å². The van der Waals surface area contributed by atoms with E-state index in [0.29, 0.717) is 6.42 Å². The molecule has 5 heteroatoms. The molecule has 2 aliphatic rings. The minimum absolute atomic E-state index is 0.101. The highest BCUT2D eigenvalue weighted by atomic mass is 16.1. The van der Waals surface area contributed by atoms with Crippen LogP contribution in [0.1, 0.15) is 18.4 Å². The standard InChI is InChI=1S/C15H22N4O/c1-18-5-2-6-19(8-7-18)14-10-13-11(9-12(14)16)3-4-15(20)17-13/h9-10H,2-8,16H2,1H3,(H,17,20). The largest absolute Gasteiger partial charge is 0.397 e. The zero-order valence-corrected chi connectivity index (χ0v) is 12.0. The molecule has 1 saturated heterocycles. The maximum Gasteiger partial charge on any atom is 0.224 e. The summed E-state index contributed by atoms with van der Waals surface area (Å²) in [6.45, 7) is 4.16. The number of hydrogen-bond donors (Lipinski definition) is 2. The van der Waals surface area contributed by atoms with Crippen molar-refractivity contribution in [3.8, 4) is 0 Å². The fourth-order valence-corrected chi connectivity index (χ4v) is 3.00. The van der Waals surface area contributed by atoms with Crippen molar-refractivity contribution in [2.45, 2.75) is 19.3 Å². The van der Waals surface area contributed by atoms with Crippen molar-refractivity contribution >= 4 is 23.0 Å². The number of fused-ring (bicyclic) bond motifs is 1. The lowest BCUT2D eigenvalue weighted by Gasteiger charge is -2.27. The van der Waals surface area contributed by atoms with Gasteiger partial charge in [0.1, 0.15) is 0 Å². The van der Waals surface area contributed by atoms with Gasteiger partial charge in [-0.1, -0.05) is 0 Å². The normalized spacial score (nSPS) is 20.2. The van der Waals surface area contributed by atoms with Gasteiger partial charge in [-0.25, -0.2) is 0 Å². The highest BCUT2D eigenvalue weighted by molar-refractivity contribution is 5.95. The number of anilines is 3. The number of aryl methyl sites for hydroxylation is 1. The molecule has 1 aromatic rings. The third-order valence-electron chi connectivity index (χ3n) is 4.21. The summed E-state index contributed by atoms with van der Waals surface area (Å²) >= 11 is 0. The Morgan fingerprint density at radius 3 is 2.85 bits per heavy atom. The first kappa shape index (κ1) is 13.2. The van der Waals surface area contributed by atoms with Crippen LogP contribution in [0.25, 0.3) is 0 Å². The predicted octanol–water partition coefficient (Wildman–Crippen LogP) is 1.30. The molecule has 0 atom stereocenters. The van der Waals surface area contributed by atoms with Crippen molar-refractivity contribution in [1.82, 2.24) is 4.90 Å². The molecule has 1 fully saturated rings. The summed E-state index contributed by atoms with van der Waals surface area (Å²) < 4.78 is 0. The van der Waals surface area contributed by atoms with Gasteiger partial charge in [-0.2, -0.15) is 0 Å². The first-order valence-corrected chi connectivity index (χ1v) is 7.29. The predicted molar refractivity (Wildman–Crippen MR) is 82.1 cm³/mol. The molecule has 3 rings (SSSR count). The fraction of sp³-hybridized carbons (Fsp3) is 0.533. The number of carbonyl (C=O) groups is 1. The Bertz CT molecular complexity index is 529.